The Labute approximate surface area is 132 Å². The molecule has 0 aliphatic rings. The Balaban J connectivity index is 2.10. The van der Waals surface area contributed by atoms with Crippen molar-refractivity contribution >= 4 is 11.6 Å². The van der Waals surface area contributed by atoms with Crippen LogP contribution in [0, 0.1) is 5.92 Å². The normalized spacial score (nSPS) is 12.4. The third-order valence-corrected chi connectivity index (χ3v) is 3.98. The Kier molecular flexibility index (Phi) is 5.66. The number of rotatable bonds is 6. The van der Waals surface area contributed by atoms with Crippen LogP contribution in [0.2, 0.25) is 5.02 Å². The Morgan fingerprint density at radius 2 is 1.71 bits per heavy atom. The number of hydrogen-bond acceptors (Lipinski definition) is 2. The van der Waals surface area contributed by atoms with Crippen molar-refractivity contribution in [2.45, 2.75) is 26.4 Å². The second kappa shape index (κ2) is 7.48. The van der Waals surface area contributed by atoms with Gasteiger partial charge in [0.25, 0.3) is 0 Å². The lowest BCUT2D eigenvalue weighted by Crippen LogP contribution is -2.25. The summed E-state index contributed by atoms with van der Waals surface area (Å²) in [4.78, 5) is 0. The number of ether oxygens (including phenoxy) is 1. The van der Waals surface area contributed by atoms with Gasteiger partial charge in [-0.1, -0.05) is 55.8 Å². The summed E-state index contributed by atoms with van der Waals surface area (Å²) < 4.78 is 5.22. The number of methoxy groups -OCH3 is 1. The fourth-order valence-corrected chi connectivity index (χ4v) is 2.61. The molecule has 1 atom stereocenters. The van der Waals surface area contributed by atoms with E-state index in [2.05, 4.69) is 37.4 Å². The van der Waals surface area contributed by atoms with Crippen LogP contribution in [0.1, 0.15) is 31.0 Å². The van der Waals surface area contributed by atoms with Gasteiger partial charge in [0.1, 0.15) is 5.75 Å². The molecule has 3 heteroatoms. The van der Waals surface area contributed by atoms with E-state index in [9.17, 15) is 0 Å². The first-order valence-electron chi connectivity index (χ1n) is 7.22. The van der Waals surface area contributed by atoms with Gasteiger partial charge in [-0.15, -0.1) is 0 Å². The third-order valence-electron chi connectivity index (χ3n) is 3.61. The van der Waals surface area contributed by atoms with E-state index in [1.54, 1.807) is 7.11 Å². The SMILES string of the molecule is COc1ccc(C(NCc2ccccc2Cl)C(C)C)cc1. The van der Waals surface area contributed by atoms with Crippen molar-refractivity contribution < 1.29 is 4.74 Å². The zero-order valence-corrected chi connectivity index (χ0v) is 13.5. The van der Waals surface area contributed by atoms with Crippen LogP contribution in [0.5, 0.6) is 5.75 Å². The lowest BCUT2D eigenvalue weighted by molar-refractivity contribution is 0.404. The van der Waals surface area contributed by atoms with Crippen LogP contribution in [0.4, 0.5) is 0 Å². The minimum Gasteiger partial charge on any atom is -0.497 e. The maximum Gasteiger partial charge on any atom is 0.118 e. The molecule has 0 radical (unpaired) electrons. The highest BCUT2D eigenvalue weighted by Gasteiger charge is 2.15. The van der Waals surface area contributed by atoms with Crippen molar-refractivity contribution in [2.24, 2.45) is 5.92 Å². The van der Waals surface area contributed by atoms with E-state index in [4.69, 9.17) is 16.3 Å². The van der Waals surface area contributed by atoms with E-state index in [1.165, 1.54) is 5.56 Å². The molecule has 0 spiro atoms. The van der Waals surface area contributed by atoms with Crippen molar-refractivity contribution in [2.75, 3.05) is 7.11 Å². The molecule has 0 bridgehead atoms. The molecule has 0 saturated carbocycles. The highest BCUT2D eigenvalue weighted by atomic mass is 35.5. The number of hydrogen-bond donors (Lipinski definition) is 1. The van der Waals surface area contributed by atoms with E-state index in [-0.39, 0.29) is 6.04 Å². The van der Waals surface area contributed by atoms with Gasteiger partial charge in [0.2, 0.25) is 0 Å². The molecule has 1 unspecified atom stereocenters. The second-order valence-electron chi connectivity index (χ2n) is 5.47. The average Bonchev–Trinajstić information content (AvgIpc) is 2.49. The van der Waals surface area contributed by atoms with Crippen LogP contribution in [0.15, 0.2) is 48.5 Å². The van der Waals surface area contributed by atoms with Crippen LogP contribution in [-0.2, 0) is 6.54 Å². The van der Waals surface area contributed by atoms with Crippen molar-refractivity contribution in [3.05, 3.63) is 64.7 Å². The largest absolute Gasteiger partial charge is 0.497 e. The molecule has 0 aliphatic heterocycles. The molecule has 0 amide bonds. The van der Waals surface area contributed by atoms with Gasteiger partial charge < -0.3 is 10.1 Å². The Bertz CT molecular complexity index is 566. The first kappa shape index (κ1) is 15.9. The van der Waals surface area contributed by atoms with E-state index >= 15 is 0 Å². The van der Waals surface area contributed by atoms with E-state index in [1.807, 2.05) is 30.3 Å². The summed E-state index contributed by atoms with van der Waals surface area (Å²) in [5.74, 6) is 1.37. The summed E-state index contributed by atoms with van der Waals surface area (Å²) in [6.07, 6.45) is 0. The van der Waals surface area contributed by atoms with Crippen LogP contribution in [-0.4, -0.2) is 7.11 Å². The van der Waals surface area contributed by atoms with Crippen LogP contribution in [0.25, 0.3) is 0 Å². The van der Waals surface area contributed by atoms with E-state index < -0.39 is 0 Å². The predicted molar refractivity (Wildman–Crippen MR) is 88.9 cm³/mol. The highest BCUT2D eigenvalue weighted by Crippen LogP contribution is 2.25. The Morgan fingerprint density at radius 1 is 1.05 bits per heavy atom. The smallest absolute Gasteiger partial charge is 0.118 e. The monoisotopic (exact) mass is 303 g/mol. The molecule has 2 aromatic carbocycles. The average molecular weight is 304 g/mol. The van der Waals surface area contributed by atoms with E-state index in [0.717, 1.165) is 22.9 Å². The van der Waals surface area contributed by atoms with Crippen molar-refractivity contribution in [3.63, 3.8) is 0 Å². The lowest BCUT2D eigenvalue weighted by Gasteiger charge is -2.23. The number of nitrogens with one attached hydrogen (secondary N) is 1. The minimum atomic E-state index is 0.284. The summed E-state index contributed by atoms with van der Waals surface area (Å²) in [5.41, 5.74) is 2.39. The molecule has 21 heavy (non-hydrogen) atoms. The van der Waals surface area contributed by atoms with Gasteiger partial charge in [-0.3, -0.25) is 0 Å². The van der Waals surface area contributed by atoms with Gasteiger partial charge in [-0.2, -0.15) is 0 Å². The minimum absolute atomic E-state index is 0.284. The quantitative estimate of drug-likeness (QED) is 0.825. The van der Waals surface area contributed by atoms with Gasteiger partial charge in [0, 0.05) is 17.6 Å². The predicted octanol–water partition coefficient (Wildman–Crippen LogP) is 4.84. The van der Waals surface area contributed by atoms with Crippen LogP contribution in [0.3, 0.4) is 0 Å². The molecule has 0 aromatic heterocycles. The molecule has 2 rings (SSSR count). The Morgan fingerprint density at radius 3 is 2.29 bits per heavy atom. The van der Waals surface area contributed by atoms with Crippen molar-refractivity contribution in [1.82, 2.24) is 5.32 Å². The van der Waals surface area contributed by atoms with Gasteiger partial charge in [0.15, 0.2) is 0 Å². The molecule has 2 aromatic rings. The maximum atomic E-state index is 6.22. The summed E-state index contributed by atoms with van der Waals surface area (Å²) in [7, 11) is 1.69. The molecule has 1 N–H and O–H groups in total. The standard InChI is InChI=1S/C18H22ClNO/c1-13(2)18(14-8-10-16(21-3)11-9-14)20-12-15-6-4-5-7-17(15)19/h4-11,13,18,20H,12H2,1-3H3. The molecule has 0 fully saturated rings. The lowest BCUT2D eigenvalue weighted by atomic mass is 9.95. The zero-order valence-electron chi connectivity index (χ0n) is 12.8. The first-order chi connectivity index (χ1) is 10.1. The first-order valence-corrected chi connectivity index (χ1v) is 7.60. The summed E-state index contributed by atoms with van der Waals surface area (Å²) in [6, 6.07) is 16.5. The van der Waals surface area contributed by atoms with Crippen LogP contribution >= 0.6 is 11.6 Å². The van der Waals surface area contributed by atoms with Crippen LogP contribution < -0.4 is 10.1 Å². The fourth-order valence-electron chi connectivity index (χ4n) is 2.41. The fraction of sp³-hybridized carbons (Fsp3) is 0.333. The summed E-state index contributed by atoms with van der Waals surface area (Å²) >= 11 is 6.22. The van der Waals surface area contributed by atoms with Gasteiger partial charge in [0.05, 0.1) is 7.11 Å². The summed E-state index contributed by atoms with van der Waals surface area (Å²) in [5, 5.41) is 4.41. The molecule has 0 saturated heterocycles. The van der Waals surface area contributed by atoms with Gasteiger partial charge in [-0.25, -0.2) is 0 Å². The highest BCUT2D eigenvalue weighted by molar-refractivity contribution is 6.31. The Hall–Kier alpha value is -1.51. The van der Waals surface area contributed by atoms with Gasteiger partial charge in [-0.05, 0) is 35.2 Å². The zero-order chi connectivity index (χ0) is 15.2. The molecular weight excluding hydrogens is 282 g/mol. The number of benzene rings is 2. The molecular formula is C18H22ClNO. The summed E-state index contributed by atoms with van der Waals surface area (Å²) in [6.45, 7) is 5.19. The second-order valence-corrected chi connectivity index (χ2v) is 5.87. The third kappa shape index (κ3) is 4.23. The molecule has 0 aliphatic carbocycles. The maximum absolute atomic E-state index is 6.22. The van der Waals surface area contributed by atoms with Gasteiger partial charge >= 0.3 is 0 Å². The van der Waals surface area contributed by atoms with E-state index in [0.29, 0.717) is 5.92 Å². The molecule has 2 nitrogen and oxygen atoms in total. The molecule has 112 valence electrons. The topological polar surface area (TPSA) is 21.3 Å². The van der Waals surface area contributed by atoms with Crippen molar-refractivity contribution in [1.29, 1.82) is 0 Å². The number of halogens is 1. The van der Waals surface area contributed by atoms with Crippen molar-refractivity contribution in [3.8, 4) is 5.75 Å². The molecule has 0 heterocycles.